The van der Waals surface area contributed by atoms with Crippen LogP contribution in [0.25, 0.3) is 0 Å². The Hall–Kier alpha value is -4.03. The Morgan fingerprint density at radius 3 is 2.17 bits per heavy atom. The van der Waals surface area contributed by atoms with Crippen LogP contribution in [0, 0.1) is 17.8 Å². The first-order valence-corrected chi connectivity index (χ1v) is 13.4. The first kappa shape index (κ1) is 31.5. The van der Waals surface area contributed by atoms with E-state index in [0.29, 0.717) is 0 Å². The van der Waals surface area contributed by atoms with E-state index >= 15 is 0 Å². The predicted octanol–water partition coefficient (Wildman–Crippen LogP) is 2.14. The average Bonchev–Trinajstić information content (AvgIpc) is 3.48. The highest BCUT2D eigenvalue weighted by Crippen LogP contribution is 2.30. The van der Waals surface area contributed by atoms with Gasteiger partial charge in [0.25, 0.3) is 5.91 Å². The summed E-state index contributed by atoms with van der Waals surface area (Å²) in [4.78, 5) is 68.4. The Morgan fingerprint density at radius 2 is 1.66 bits per heavy atom. The summed E-state index contributed by atoms with van der Waals surface area (Å²) < 4.78 is 5.43. The van der Waals surface area contributed by atoms with E-state index in [1.165, 1.54) is 24.1 Å². The minimum Gasteiger partial charge on any atom is -0.455 e. The normalized spacial score (nSPS) is 17.0. The molecule has 1 saturated heterocycles. The maximum Gasteiger partial charge on any atom is 0.327 e. The van der Waals surface area contributed by atoms with Crippen LogP contribution in [0.3, 0.4) is 0 Å². The minimum atomic E-state index is -1.31. The van der Waals surface area contributed by atoms with E-state index in [1.807, 2.05) is 19.9 Å². The molecule has 0 spiro atoms. The number of amides is 5. The van der Waals surface area contributed by atoms with Crippen LogP contribution in [-0.4, -0.2) is 74.8 Å². The van der Waals surface area contributed by atoms with Crippen LogP contribution in [0.4, 0.5) is 4.79 Å². The number of nitrogens with one attached hydrogen (secondary N) is 2. The van der Waals surface area contributed by atoms with Gasteiger partial charge in [0, 0.05) is 20.0 Å². The second-order valence-corrected chi connectivity index (χ2v) is 11.2. The van der Waals surface area contributed by atoms with Gasteiger partial charge in [-0.05, 0) is 43.9 Å². The minimum absolute atomic E-state index is 0.0566. The lowest BCUT2D eigenvalue weighted by Gasteiger charge is -2.30. The summed E-state index contributed by atoms with van der Waals surface area (Å²) in [6, 6.07) is 10.1. The topological polar surface area (TPSA) is 169 Å². The second kappa shape index (κ2) is 13.1. The Morgan fingerprint density at radius 1 is 1.00 bits per heavy atom. The summed E-state index contributed by atoms with van der Waals surface area (Å²) >= 11 is 0. The average molecular weight is 571 g/mol. The third-order valence-electron chi connectivity index (χ3n) is 7.47. The van der Waals surface area contributed by atoms with Gasteiger partial charge in [-0.1, -0.05) is 44.2 Å². The molecule has 2 heterocycles. The number of aliphatic hydroxyl groups is 1. The van der Waals surface area contributed by atoms with Gasteiger partial charge in [-0.2, -0.15) is 0 Å². The van der Waals surface area contributed by atoms with Crippen molar-refractivity contribution in [2.24, 2.45) is 17.8 Å². The molecule has 4 N–H and O–H groups in total. The maximum absolute atomic E-state index is 13.9. The monoisotopic (exact) mass is 570 g/mol. The number of imide groups is 1. The highest BCUT2D eigenvalue weighted by molar-refractivity contribution is 6.07. The van der Waals surface area contributed by atoms with E-state index in [2.05, 4.69) is 5.32 Å². The number of hydrogen-bond donors (Lipinski definition) is 4. The molecule has 1 aliphatic rings. The molecule has 41 heavy (non-hydrogen) atoms. The van der Waals surface area contributed by atoms with Gasteiger partial charge in [-0.25, -0.2) is 10.3 Å². The van der Waals surface area contributed by atoms with Gasteiger partial charge in [0.05, 0.1) is 17.9 Å². The smallest absolute Gasteiger partial charge is 0.327 e. The third-order valence-corrected chi connectivity index (χ3v) is 7.47. The van der Waals surface area contributed by atoms with E-state index < -0.39 is 66.1 Å². The van der Waals surface area contributed by atoms with Gasteiger partial charge < -0.3 is 19.7 Å². The lowest BCUT2D eigenvalue weighted by molar-refractivity contribution is -0.143. The van der Waals surface area contributed by atoms with Crippen molar-refractivity contribution in [3.8, 4) is 0 Å². The number of carbonyl (C=O) groups is 5. The molecular formula is C29H38N4O8. The fourth-order valence-electron chi connectivity index (χ4n) is 4.88. The number of rotatable bonds is 13. The highest BCUT2D eigenvalue weighted by Gasteiger charge is 2.51. The maximum atomic E-state index is 13.9. The van der Waals surface area contributed by atoms with Crippen molar-refractivity contribution < 1.29 is 38.7 Å². The molecule has 1 aliphatic heterocycles. The van der Waals surface area contributed by atoms with Crippen LogP contribution in [0.5, 0.6) is 0 Å². The van der Waals surface area contributed by atoms with Crippen LogP contribution < -0.4 is 10.8 Å². The molecule has 222 valence electrons. The number of aliphatic hydroxyl groups excluding tert-OH is 1. The molecule has 1 unspecified atom stereocenters. The quantitative estimate of drug-likeness (QED) is 0.123. The molecule has 0 radical (unpaired) electrons. The third kappa shape index (κ3) is 7.01. The first-order chi connectivity index (χ1) is 19.3. The first-order valence-electron chi connectivity index (χ1n) is 13.4. The fourth-order valence-corrected chi connectivity index (χ4v) is 4.88. The van der Waals surface area contributed by atoms with Crippen LogP contribution in [0.15, 0.2) is 46.9 Å². The van der Waals surface area contributed by atoms with Crippen molar-refractivity contribution in [1.29, 1.82) is 0 Å². The number of furan rings is 1. The largest absolute Gasteiger partial charge is 0.455 e. The molecule has 5 amide bonds. The van der Waals surface area contributed by atoms with Crippen molar-refractivity contribution in [2.45, 2.75) is 58.7 Å². The number of nitrogens with zero attached hydrogens (tertiary/aromatic N) is 2. The standard InChI is InChI=1S/C29H38N4O8/c1-17(2)13-20(21(26(37)31-40)15-33-27(38)29(3,4)32(5)28(33)39)25(36)30-22(14-18-9-7-6-8-10-18)24(35)23-12-11-19(16-34)41-23/h6-12,17,20-22,34,40H,13-16H2,1-5H3,(H,30,36)(H,31,37)/t20-,21?,22+/m1/s1. The number of hydrogen-bond acceptors (Lipinski definition) is 8. The Kier molecular flexibility index (Phi) is 10.1. The van der Waals surface area contributed by atoms with Gasteiger partial charge >= 0.3 is 6.03 Å². The number of Topliss-reactive ketones (excluding diaryl/α,β-unsaturated/α-hetero) is 1. The lowest BCUT2D eigenvalue weighted by atomic mass is 9.83. The van der Waals surface area contributed by atoms with Crippen LogP contribution >= 0.6 is 0 Å². The summed E-state index contributed by atoms with van der Waals surface area (Å²) in [6.45, 7) is 5.97. The molecule has 3 rings (SSSR count). The van der Waals surface area contributed by atoms with E-state index in [0.717, 1.165) is 10.5 Å². The van der Waals surface area contributed by atoms with Gasteiger partial charge in [0.15, 0.2) is 5.76 Å². The summed E-state index contributed by atoms with van der Waals surface area (Å²) in [6.07, 6.45) is 0.259. The van der Waals surface area contributed by atoms with Crippen molar-refractivity contribution in [3.63, 3.8) is 0 Å². The number of urea groups is 1. The zero-order valence-electron chi connectivity index (χ0n) is 23.9. The molecule has 1 aromatic heterocycles. The molecule has 2 aromatic rings. The zero-order chi connectivity index (χ0) is 30.5. The second-order valence-electron chi connectivity index (χ2n) is 11.2. The summed E-state index contributed by atoms with van der Waals surface area (Å²) in [5.74, 6) is -5.10. The summed E-state index contributed by atoms with van der Waals surface area (Å²) in [5, 5.41) is 21.7. The number of benzene rings is 1. The molecule has 0 bridgehead atoms. The fraction of sp³-hybridized carbons (Fsp3) is 0.483. The summed E-state index contributed by atoms with van der Waals surface area (Å²) in [7, 11) is 1.47. The van der Waals surface area contributed by atoms with Crippen molar-refractivity contribution in [3.05, 3.63) is 59.5 Å². The van der Waals surface area contributed by atoms with E-state index in [-0.39, 0.29) is 30.3 Å². The zero-order valence-corrected chi connectivity index (χ0v) is 23.9. The lowest BCUT2D eigenvalue weighted by Crippen LogP contribution is -2.52. The summed E-state index contributed by atoms with van der Waals surface area (Å²) in [5.41, 5.74) is 1.17. The molecule has 3 atom stereocenters. The van der Waals surface area contributed by atoms with Gasteiger partial charge in [-0.3, -0.25) is 29.3 Å². The molecule has 1 aromatic carbocycles. The molecular weight excluding hydrogens is 532 g/mol. The van der Waals surface area contributed by atoms with Gasteiger partial charge in [0.1, 0.15) is 17.9 Å². The Balaban J connectivity index is 1.95. The van der Waals surface area contributed by atoms with Gasteiger partial charge in [0.2, 0.25) is 17.6 Å². The number of likely N-dealkylation sites (N-methyl/N-ethyl adjacent to an activating group) is 1. The van der Waals surface area contributed by atoms with E-state index in [1.54, 1.807) is 43.6 Å². The van der Waals surface area contributed by atoms with Gasteiger partial charge in [-0.15, -0.1) is 0 Å². The molecule has 12 nitrogen and oxygen atoms in total. The number of carbonyl (C=O) groups excluding carboxylic acids is 5. The predicted molar refractivity (Wildman–Crippen MR) is 146 cm³/mol. The highest BCUT2D eigenvalue weighted by atomic mass is 16.5. The van der Waals surface area contributed by atoms with Crippen LogP contribution in [0.1, 0.15) is 56.0 Å². The van der Waals surface area contributed by atoms with Crippen molar-refractivity contribution in [2.75, 3.05) is 13.6 Å². The molecule has 12 heteroatoms. The number of hydroxylamine groups is 1. The molecule has 0 aliphatic carbocycles. The molecule has 1 fully saturated rings. The van der Waals surface area contributed by atoms with Crippen LogP contribution in [-0.2, 0) is 27.4 Å². The van der Waals surface area contributed by atoms with E-state index in [4.69, 9.17) is 4.42 Å². The Labute approximate surface area is 238 Å². The van der Waals surface area contributed by atoms with Crippen molar-refractivity contribution >= 4 is 29.5 Å². The van der Waals surface area contributed by atoms with E-state index in [9.17, 15) is 34.3 Å². The van der Waals surface area contributed by atoms with Crippen molar-refractivity contribution in [1.82, 2.24) is 20.6 Å². The number of ketones is 1. The Bertz CT molecular complexity index is 1270. The molecule has 0 saturated carbocycles. The van der Waals surface area contributed by atoms with Crippen LogP contribution in [0.2, 0.25) is 0 Å². The SMILES string of the molecule is CC(C)C[C@@H](C(=O)N[C@@H](Cc1ccccc1)C(=O)c1ccc(CO)o1)C(CN1C(=O)N(C)C(C)(C)C1=O)C(=O)NO.